The number of hydrogen-bond acceptors (Lipinski definition) is 3. The molecule has 0 radical (unpaired) electrons. The third-order valence-electron chi connectivity index (χ3n) is 2.43. The molecule has 0 aromatic heterocycles. The minimum atomic E-state index is -0.207. The molecule has 0 aliphatic rings. The first kappa shape index (κ1) is 13.3. The van der Waals surface area contributed by atoms with Crippen LogP contribution in [0.15, 0.2) is 0 Å². The Bertz CT molecular complexity index is 230. The van der Waals surface area contributed by atoms with Gasteiger partial charge in [-0.25, -0.2) is 0 Å². The van der Waals surface area contributed by atoms with Gasteiger partial charge < -0.3 is 10.6 Å². The maximum atomic E-state index is 11.6. The molecule has 0 spiro atoms. The summed E-state index contributed by atoms with van der Waals surface area (Å²) in [6, 6.07) is -0.273. The van der Waals surface area contributed by atoms with E-state index < -0.39 is 0 Å². The maximum Gasteiger partial charge on any atom is 0.239 e. The first-order valence-corrected chi connectivity index (χ1v) is 4.92. The molecule has 0 fully saturated rings. The van der Waals surface area contributed by atoms with Gasteiger partial charge in [0.1, 0.15) is 0 Å². The highest BCUT2D eigenvalue weighted by atomic mass is 32.1. The van der Waals surface area contributed by atoms with Crippen LogP contribution in [0.4, 0.5) is 0 Å². The summed E-state index contributed by atoms with van der Waals surface area (Å²) in [5.74, 6) is 0.0515. The van der Waals surface area contributed by atoms with Crippen LogP contribution >= 0.6 is 12.2 Å². The average Bonchev–Trinajstić information content (AvgIpc) is 2.12. The highest BCUT2D eigenvalue weighted by Gasteiger charge is 2.24. The first-order valence-electron chi connectivity index (χ1n) is 4.51. The summed E-state index contributed by atoms with van der Waals surface area (Å²) in [7, 11) is 5.31. The van der Waals surface area contributed by atoms with E-state index in [1.165, 1.54) is 0 Å². The van der Waals surface area contributed by atoms with Gasteiger partial charge in [0, 0.05) is 14.1 Å². The zero-order valence-corrected chi connectivity index (χ0v) is 10.3. The van der Waals surface area contributed by atoms with Gasteiger partial charge in [0.25, 0.3) is 0 Å². The highest BCUT2D eigenvalue weighted by molar-refractivity contribution is 7.80. The smallest absolute Gasteiger partial charge is 0.239 e. The molecule has 0 aromatic rings. The van der Waals surface area contributed by atoms with Crippen LogP contribution in [0, 0.1) is 0 Å². The lowest BCUT2D eigenvalue weighted by atomic mass is 10.2. The summed E-state index contributed by atoms with van der Waals surface area (Å²) in [6.07, 6.45) is 0. The molecule has 0 aliphatic carbocycles. The van der Waals surface area contributed by atoms with Gasteiger partial charge in [0.2, 0.25) is 5.91 Å². The standard InChI is InChI=1S/C9H19N3OS/c1-6(8(10)14)12(5)7(2)9(13)11(3)4/h6-7H,1-5H3,(H2,10,14). The Labute approximate surface area is 91.0 Å². The number of hydrogen-bond donors (Lipinski definition) is 1. The van der Waals surface area contributed by atoms with Crippen LogP contribution in [0.5, 0.6) is 0 Å². The molecule has 2 N–H and O–H groups in total. The van der Waals surface area contributed by atoms with Gasteiger partial charge in [-0.3, -0.25) is 9.69 Å². The molecule has 0 saturated carbocycles. The number of nitrogens with two attached hydrogens (primary N) is 1. The van der Waals surface area contributed by atoms with Gasteiger partial charge >= 0.3 is 0 Å². The second kappa shape index (κ2) is 5.26. The number of amides is 1. The van der Waals surface area contributed by atoms with E-state index in [4.69, 9.17) is 18.0 Å². The van der Waals surface area contributed by atoms with E-state index in [0.717, 1.165) is 0 Å². The topological polar surface area (TPSA) is 49.6 Å². The maximum absolute atomic E-state index is 11.6. The Morgan fingerprint density at radius 1 is 1.21 bits per heavy atom. The van der Waals surface area contributed by atoms with Crippen molar-refractivity contribution in [1.29, 1.82) is 0 Å². The van der Waals surface area contributed by atoms with Gasteiger partial charge in [-0.2, -0.15) is 0 Å². The fraction of sp³-hybridized carbons (Fsp3) is 0.778. The van der Waals surface area contributed by atoms with Gasteiger partial charge in [-0.05, 0) is 20.9 Å². The molecule has 0 aromatic carbocycles. The van der Waals surface area contributed by atoms with Crippen LogP contribution in [-0.4, -0.2) is 53.9 Å². The molecule has 82 valence electrons. The molecule has 0 bridgehead atoms. The second-order valence-electron chi connectivity index (χ2n) is 3.65. The lowest BCUT2D eigenvalue weighted by Gasteiger charge is -2.30. The van der Waals surface area contributed by atoms with Crippen LogP contribution in [-0.2, 0) is 4.79 Å². The molecule has 2 unspecified atom stereocenters. The van der Waals surface area contributed by atoms with Crippen molar-refractivity contribution in [2.75, 3.05) is 21.1 Å². The average molecular weight is 217 g/mol. The molecule has 0 saturated heterocycles. The predicted octanol–water partition coefficient (Wildman–Crippen LogP) is 0.0695. The van der Waals surface area contributed by atoms with Crippen molar-refractivity contribution in [3.05, 3.63) is 0 Å². The van der Waals surface area contributed by atoms with E-state index in [1.807, 2.05) is 25.8 Å². The molecule has 0 heterocycles. The van der Waals surface area contributed by atoms with Gasteiger partial charge in [0.15, 0.2) is 0 Å². The fourth-order valence-electron chi connectivity index (χ4n) is 1.08. The van der Waals surface area contributed by atoms with Crippen LogP contribution in [0.1, 0.15) is 13.8 Å². The van der Waals surface area contributed by atoms with Crippen molar-refractivity contribution in [2.45, 2.75) is 25.9 Å². The number of rotatable bonds is 4. The van der Waals surface area contributed by atoms with Crippen LogP contribution in [0.3, 0.4) is 0 Å². The Hall–Kier alpha value is -0.680. The van der Waals surface area contributed by atoms with Crippen molar-refractivity contribution < 1.29 is 4.79 Å². The van der Waals surface area contributed by atoms with Gasteiger partial charge in [-0.15, -0.1) is 0 Å². The predicted molar refractivity (Wildman–Crippen MR) is 62.2 cm³/mol. The molecular weight excluding hydrogens is 198 g/mol. The minimum absolute atomic E-state index is 0.0515. The molecule has 5 heteroatoms. The van der Waals surface area contributed by atoms with Crippen molar-refractivity contribution >= 4 is 23.1 Å². The fourth-order valence-corrected chi connectivity index (χ4v) is 1.25. The normalized spacial score (nSPS) is 15.0. The lowest BCUT2D eigenvalue weighted by molar-refractivity contribution is -0.133. The van der Waals surface area contributed by atoms with Crippen molar-refractivity contribution in [3.8, 4) is 0 Å². The van der Waals surface area contributed by atoms with E-state index in [9.17, 15) is 4.79 Å². The number of carbonyl (C=O) groups excluding carboxylic acids is 1. The van der Waals surface area contributed by atoms with E-state index in [0.29, 0.717) is 4.99 Å². The van der Waals surface area contributed by atoms with E-state index in [1.54, 1.807) is 19.0 Å². The minimum Gasteiger partial charge on any atom is -0.392 e. The number of thiocarbonyl (C=S) groups is 1. The third-order valence-corrected chi connectivity index (χ3v) is 2.77. The van der Waals surface area contributed by atoms with Crippen LogP contribution < -0.4 is 5.73 Å². The van der Waals surface area contributed by atoms with E-state index in [2.05, 4.69) is 0 Å². The zero-order valence-electron chi connectivity index (χ0n) is 9.44. The largest absolute Gasteiger partial charge is 0.392 e. The SMILES string of the molecule is CC(C(=O)N(C)C)N(C)C(C)C(N)=S. The lowest BCUT2D eigenvalue weighted by Crippen LogP contribution is -2.50. The van der Waals surface area contributed by atoms with Crippen molar-refractivity contribution in [3.63, 3.8) is 0 Å². The van der Waals surface area contributed by atoms with Crippen molar-refractivity contribution in [1.82, 2.24) is 9.80 Å². The highest BCUT2D eigenvalue weighted by Crippen LogP contribution is 2.04. The van der Waals surface area contributed by atoms with Crippen molar-refractivity contribution in [2.24, 2.45) is 5.73 Å². The summed E-state index contributed by atoms with van der Waals surface area (Å²) in [5.41, 5.74) is 5.52. The van der Waals surface area contributed by atoms with Gasteiger partial charge in [-0.1, -0.05) is 12.2 Å². The van der Waals surface area contributed by atoms with E-state index in [-0.39, 0.29) is 18.0 Å². The Balaban J connectivity index is 4.46. The molecule has 1 amide bonds. The Morgan fingerprint density at radius 2 is 1.64 bits per heavy atom. The number of nitrogens with zero attached hydrogens (tertiary/aromatic N) is 2. The van der Waals surface area contributed by atoms with Crippen LogP contribution in [0.2, 0.25) is 0 Å². The number of likely N-dealkylation sites (N-methyl/N-ethyl adjacent to an activating group) is 2. The zero-order chi connectivity index (χ0) is 11.5. The third kappa shape index (κ3) is 3.23. The summed E-state index contributed by atoms with van der Waals surface area (Å²) in [5, 5.41) is 0. The van der Waals surface area contributed by atoms with Crippen LogP contribution in [0.25, 0.3) is 0 Å². The molecule has 4 nitrogen and oxygen atoms in total. The summed E-state index contributed by atoms with van der Waals surface area (Å²) in [4.78, 5) is 15.4. The summed E-state index contributed by atoms with van der Waals surface area (Å²) in [6.45, 7) is 3.74. The first-order chi connectivity index (χ1) is 6.29. The van der Waals surface area contributed by atoms with E-state index >= 15 is 0 Å². The molecule has 0 rings (SSSR count). The van der Waals surface area contributed by atoms with Gasteiger partial charge in [0.05, 0.1) is 17.1 Å². The summed E-state index contributed by atoms with van der Waals surface area (Å²) >= 11 is 4.88. The quantitative estimate of drug-likeness (QED) is 0.677. The molecule has 14 heavy (non-hydrogen) atoms. The molecule has 0 aliphatic heterocycles. The molecule has 2 atom stereocenters. The monoisotopic (exact) mass is 217 g/mol. The second-order valence-corrected chi connectivity index (χ2v) is 4.12. The Morgan fingerprint density at radius 3 is 1.93 bits per heavy atom. The molecular formula is C9H19N3OS. The number of carbonyl (C=O) groups is 1. The summed E-state index contributed by atoms with van der Waals surface area (Å²) < 4.78 is 0. The Kier molecular flexibility index (Phi) is 5.01.